The van der Waals surface area contributed by atoms with E-state index >= 15 is 0 Å². The van der Waals surface area contributed by atoms with Crippen LogP contribution in [-0.4, -0.2) is 13.2 Å². The maximum atomic E-state index is 4.98. The van der Waals surface area contributed by atoms with Gasteiger partial charge in [-0.25, -0.2) is 0 Å². The largest absolute Gasteiger partial charge is 0.147 e. The molecule has 0 aromatic carbocycles. The molecule has 0 aliphatic carbocycles. The Hall–Kier alpha value is 0.924. The summed E-state index contributed by atoms with van der Waals surface area (Å²) in [5, 5.41) is 0. The van der Waals surface area contributed by atoms with Crippen molar-refractivity contribution in [3.8, 4) is 0 Å². The summed E-state index contributed by atoms with van der Waals surface area (Å²) < 4.78 is 9.95. The van der Waals surface area contributed by atoms with Gasteiger partial charge in [-0.1, -0.05) is 0 Å². The van der Waals surface area contributed by atoms with E-state index in [1.54, 1.807) is 0 Å². The molecular weight excluding hydrogens is 163 g/mol. The van der Waals surface area contributed by atoms with Gasteiger partial charge in [-0.2, -0.15) is 0 Å². The first-order valence-electron chi connectivity index (χ1n) is 2.40. The van der Waals surface area contributed by atoms with Crippen LogP contribution in [0.25, 0.3) is 0 Å². The molecule has 0 saturated heterocycles. The number of rotatable bonds is 4. The second kappa shape index (κ2) is 10.8. The molecule has 0 atom stereocenters. The zero-order valence-corrected chi connectivity index (χ0v) is 7.52. The monoisotopic (exact) mass is 174 g/mol. The van der Waals surface area contributed by atoms with E-state index in [0.29, 0.717) is 0 Å². The second-order valence-corrected chi connectivity index (χ2v) is 2.11. The van der Waals surface area contributed by atoms with Crippen LogP contribution in [0.5, 0.6) is 0 Å². The smallest absolute Gasteiger partial charge is 0.147 e. The van der Waals surface area contributed by atoms with Crippen molar-refractivity contribution in [2.75, 3.05) is 13.2 Å². The number of hydrogen-bond acceptors (Lipinski definition) is 2. The van der Waals surface area contributed by atoms with Crippen molar-refractivity contribution >= 4 is 12.4 Å². The fourth-order valence-electron chi connectivity index (χ4n) is 0.160. The fourth-order valence-corrected chi connectivity index (χ4v) is 0.658. The Morgan fingerprint density at radius 2 is 1.50 bits per heavy atom. The van der Waals surface area contributed by atoms with Crippen LogP contribution >= 0.6 is 12.4 Å². The molecule has 4 heteroatoms. The Bertz CT molecular complexity index is 33.2. The van der Waals surface area contributed by atoms with Gasteiger partial charge in [0.05, 0.1) is 0 Å². The summed E-state index contributed by atoms with van der Waals surface area (Å²) in [5.41, 5.74) is 0. The Balaban J connectivity index is 0. The number of halogens is 1. The van der Waals surface area contributed by atoms with E-state index in [0.717, 1.165) is 13.2 Å². The Morgan fingerprint density at radius 1 is 1.12 bits per heavy atom. The average molecular weight is 174 g/mol. The maximum Gasteiger partial charge on any atom is -0.147 e. The molecular formula is C4H11ClO2Ti. The minimum absolute atomic E-state index is 0. The predicted octanol–water partition coefficient (Wildman–Crippen LogP) is 1.39. The third kappa shape index (κ3) is 10.0. The van der Waals surface area contributed by atoms with Crippen molar-refractivity contribution in [1.82, 2.24) is 0 Å². The minimum atomic E-state index is -0.486. The molecule has 0 aliphatic heterocycles. The summed E-state index contributed by atoms with van der Waals surface area (Å²) in [6, 6.07) is 0. The first kappa shape index (κ1) is 11.7. The molecule has 2 nitrogen and oxygen atoms in total. The van der Waals surface area contributed by atoms with E-state index in [4.69, 9.17) is 6.64 Å². The van der Waals surface area contributed by atoms with Gasteiger partial charge in [0.1, 0.15) is 0 Å². The van der Waals surface area contributed by atoms with Crippen molar-refractivity contribution in [3.05, 3.63) is 0 Å². The van der Waals surface area contributed by atoms with Crippen LogP contribution in [0.4, 0.5) is 0 Å². The summed E-state index contributed by atoms with van der Waals surface area (Å²) in [4.78, 5) is 0. The predicted molar refractivity (Wildman–Crippen MR) is 30.5 cm³/mol. The molecule has 0 saturated carbocycles. The zero-order chi connectivity index (χ0) is 5.54. The van der Waals surface area contributed by atoms with E-state index in [9.17, 15) is 0 Å². The van der Waals surface area contributed by atoms with Crippen LogP contribution in [-0.2, 0) is 26.6 Å². The Kier molecular flexibility index (Phi) is 15.8. The van der Waals surface area contributed by atoms with Crippen LogP contribution in [0.1, 0.15) is 13.8 Å². The Morgan fingerprint density at radius 3 is 1.75 bits per heavy atom. The zero-order valence-electron chi connectivity index (χ0n) is 5.14. The third-order valence-electron chi connectivity index (χ3n) is 0.407. The van der Waals surface area contributed by atoms with Gasteiger partial charge in [0.2, 0.25) is 0 Å². The Labute approximate surface area is 66.2 Å². The molecule has 0 spiro atoms. The van der Waals surface area contributed by atoms with Gasteiger partial charge in [-0.05, 0) is 0 Å². The molecule has 0 rings (SSSR count). The van der Waals surface area contributed by atoms with Crippen molar-refractivity contribution < 1.29 is 26.6 Å². The molecule has 0 amide bonds. The molecule has 8 heavy (non-hydrogen) atoms. The van der Waals surface area contributed by atoms with Crippen LogP contribution in [0.3, 0.4) is 0 Å². The summed E-state index contributed by atoms with van der Waals surface area (Å²) in [6.07, 6.45) is 0. The minimum Gasteiger partial charge on any atom is -0.147 e. The second-order valence-electron chi connectivity index (χ2n) is 0.949. The van der Waals surface area contributed by atoms with Crippen molar-refractivity contribution in [2.45, 2.75) is 13.8 Å². The molecule has 0 heterocycles. The van der Waals surface area contributed by atoms with E-state index in [2.05, 4.69) is 0 Å². The SMILES string of the molecule is CC[O][Ti][O]CC.Cl. The maximum absolute atomic E-state index is 4.98. The molecule has 0 fully saturated rings. The van der Waals surface area contributed by atoms with Gasteiger partial charge in [0.15, 0.2) is 0 Å². The normalized spacial score (nSPS) is 7.75. The van der Waals surface area contributed by atoms with Gasteiger partial charge in [0.25, 0.3) is 0 Å². The van der Waals surface area contributed by atoms with Crippen LogP contribution in [0.15, 0.2) is 0 Å². The van der Waals surface area contributed by atoms with Crippen LogP contribution in [0, 0.1) is 0 Å². The van der Waals surface area contributed by atoms with Gasteiger partial charge in [0, 0.05) is 0 Å². The van der Waals surface area contributed by atoms with E-state index in [1.807, 2.05) is 13.8 Å². The molecule has 0 aromatic rings. The first-order chi connectivity index (χ1) is 3.41. The van der Waals surface area contributed by atoms with Crippen molar-refractivity contribution in [2.24, 2.45) is 0 Å². The molecule has 50 valence electrons. The van der Waals surface area contributed by atoms with Gasteiger partial charge in [-0.15, -0.1) is 12.4 Å². The molecule has 0 radical (unpaired) electrons. The van der Waals surface area contributed by atoms with Gasteiger partial charge < -0.3 is 0 Å². The van der Waals surface area contributed by atoms with Gasteiger partial charge >= 0.3 is 53.6 Å². The van der Waals surface area contributed by atoms with Crippen molar-refractivity contribution in [1.29, 1.82) is 0 Å². The molecule has 0 aliphatic rings. The van der Waals surface area contributed by atoms with Crippen LogP contribution in [0.2, 0.25) is 0 Å². The third-order valence-corrected chi connectivity index (χ3v) is 1.68. The van der Waals surface area contributed by atoms with Crippen LogP contribution < -0.4 is 0 Å². The molecule has 0 aromatic heterocycles. The fraction of sp³-hybridized carbons (Fsp3) is 1.00. The van der Waals surface area contributed by atoms with Gasteiger partial charge in [-0.3, -0.25) is 0 Å². The molecule has 0 bridgehead atoms. The standard InChI is InChI=1S/2C2H5O.ClH.Ti/c2*1-2-3;;/h2*2H2,1H3;1H;/q2*-1;;+2. The summed E-state index contributed by atoms with van der Waals surface area (Å²) >= 11 is -0.486. The molecule has 0 unspecified atom stereocenters. The summed E-state index contributed by atoms with van der Waals surface area (Å²) in [6.45, 7) is 5.53. The average Bonchev–Trinajstić information content (AvgIpc) is 1.69. The topological polar surface area (TPSA) is 18.5 Å². The summed E-state index contributed by atoms with van der Waals surface area (Å²) in [7, 11) is 0. The van der Waals surface area contributed by atoms with E-state index < -0.39 is 19.9 Å². The van der Waals surface area contributed by atoms with E-state index in [1.165, 1.54) is 0 Å². The summed E-state index contributed by atoms with van der Waals surface area (Å²) in [5.74, 6) is 0. The number of hydrogen-bond donors (Lipinski definition) is 0. The van der Waals surface area contributed by atoms with E-state index in [-0.39, 0.29) is 12.4 Å². The first-order valence-corrected chi connectivity index (χ1v) is 3.67. The quantitative estimate of drug-likeness (QED) is 0.474. The van der Waals surface area contributed by atoms with Crippen molar-refractivity contribution in [3.63, 3.8) is 0 Å². The molecule has 0 N–H and O–H groups in total.